The molecule has 5 heterocycles. The first-order valence-electron chi connectivity index (χ1n) is 31.0. The third-order valence-electron chi connectivity index (χ3n) is 26.3. The largest absolute Gasteiger partial charge is 0.481 e. The molecule has 14 N–H and O–H groups in total. The molecule has 0 radical (unpaired) electrons. The van der Waals surface area contributed by atoms with Gasteiger partial charge in [0.25, 0.3) is 0 Å². The Morgan fingerprint density at radius 3 is 2.36 bits per heavy atom. The van der Waals surface area contributed by atoms with Crippen LogP contribution in [0.25, 0.3) is 0 Å². The molecule has 0 aromatic carbocycles. The fourth-order valence-corrected chi connectivity index (χ4v) is 22.6. The number of aliphatic hydroxyl groups is 7. The number of aliphatic carboxylic acids is 1. The van der Waals surface area contributed by atoms with Crippen LogP contribution in [0.3, 0.4) is 0 Å². The van der Waals surface area contributed by atoms with Gasteiger partial charge in [-0.05, 0) is 147 Å². The van der Waals surface area contributed by atoms with Crippen LogP contribution in [0.2, 0.25) is 0 Å². The fraction of sp³-hybridized carbons (Fsp3) is 0.806. The van der Waals surface area contributed by atoms with E-state index in [1.165, 1.54) is 5.57 Å². The molecule has 13 rings (SSSR count). The van der Waals surface area contributed by atoms with Crippen LogP contribution in [-0.2, 0) is 30.9 Å². The topological polar surface area (TPSA) is 322 Å². The summed E-state index contributed by atoms with van der Waals surface area (Å²) in [6.45, 7) is 8.77. The van der Waals surface area contributed by atoms with Crippen molar-refractivity contribution in [1.29, 1.82) is 0 Å². The predicted molar refractivity (Wildman–Crippen MR) is 296 cm³/mol. The van der Waals surface area contributed by atoms with Gasteiger partial charge in [0.15, 0.2) is 6.29 Å². The summed E-state index contributed by atoms with van der Waals surface area (Å²) in [7, 11) is 0. The number of ether oxygens (including phenoxy) is 2. The van der Waals surface area contributed by atoms with Gasteiger partial charge in [0.1, 0.15) is 30.4 Å². The van der Waals surface area contributed by atoms with E-state index in [4.69, 9.17) is 20.2 Å². The number of aliphatic hydroxyl groups excluding tert-OH is 7. The van der Waals surface area contributed by atoms with Gasteiger partial charge in [0.05, 0.1) is 60.0 Å². The van der Waals surface area contributed by atoms with E-state index >= 15 is 4.79 Å². The Hall–Kier alpha value is -3.76. The van der Waals surface area contributed by atoms with Crippen LogP contribution < -0.4 is 16.4 Å². The maximum atomic E-state index is 15.5. The van der Waals surface area contributed by atoms with Crippen molar-refractivity contribution in [2.24, 2.45) is 96.9 Å². The van der Waals surface area contributed by atoms with Crippen molar-refractivity contribution in [3.05, 3.63) is 54.0 Å². The Bertz CT molecular complexity index is 2780. The monoisotopic (exact) mass is 1130 g/mol. The first-order valence-corrected chi connectivity index (χ1v) is 31.0. The zero-order valence-electron chi connectivity index (χ0n) is 47.8. The Morgan fingerprint density at radius 1 is 0.901 bits per heavy atom. The highest BCUT2D eigenvalue weighted by atomic mass is 16.7. The third-order valence-corrected chi connectivity index (χ3v) is 26.3. The Balaban J connectivity index is 1.07. The van der Waals surface area contributed by atoms with Crippen LogP contribution in [0.1, 0.15) is 142 Å². The summed E-state index contributed by atoms with van der Waals surface area (Å²) < 4.78 is 13.1. The van der Waals surface area contributed by atoms with E-state index in [1.807, 2.05) is 6.92 Å². The molecule has 0 unspecified atom stereocenters. The summed E-state index contributed by atoms with van der Waals surface area (Å²) in [5, 5.41) is 102. The summed E-state index contributed by atoms with van der Waals surface area (Å²) in [6.07, 6.45) is 13.8. The number of carboxylic acid groups (broad SMARTS) is 1. The number of anilines is 1. The molecule has 8 aliphatic carbocycles. The van der Waals surface area contributed by atoms with Crippen molar-refractivity contribution in [1.82, 2.24) is 25.3 Å². The number of carboxylic acids is 1. The van der Waals surface area contributed by atoms with Crippen LogP contribution in [0, 0.1) is 91.2 Å². The van der Waals surface area contributed by atoms with E-state index in [9.17, 15) is 45.6 Å². The standard InChI is InChI=1S/C62H91N7O12/c1-55(28-70)21-22-61(54(78)79)36(24-55)34-11-12-41-57(3,58(34,4)35-23-38-51(68-31-66-38)65-25-37(35)61)18-14-40-56(2,29-71)50(81-52-48(76)46(74)39(72)27-80-52)47(75)44(62(40,41)32-9-5-6-10-32)33-13-19-59(20-15-43(63)73,42-26-64-30-67-42)49-45(33)60(53(77)69-49)16-7-8-17-60/h11,13,19,26,30-33,35-37,39-41,43-50,52,65,70-76H,5-10,12,14-18,20-25,27-29,63H2,1-4H3,(H,64,67)(H,66,68)(H,69,77)(H,78,79)/t33-,35-,36-,37-,39+,40+,41-,43-,44-,45-,46-,47+,48+,49-,50+,52-,55-,56-,57+,58-,59-,61+,62-/m0/s1. The number of nitrogens with one attached hydrogen (secondary N) is 4. The van der Waals surface area contributed by atoms with Crippen LogP contribution in [0.5, 0.6) is 0 Å². The van der Waals surface area contributed by atoms with Gasteiger partial charge >= 0.3 is 5.97 Å². The molecule has 11 aliphatic rings. The Labute approximate surface area is 475 Å². The first kappa shape index (κ1) is 56.4. The summed E-state index contributed by atoms with van der Waals surface area (Å²) in [6, 6.07) is -0.517. The van der Waals surface area contributed by atoms with Crippen LogP contribution in [0.15, 0.2) is 42.7 Å². The lowest BCUT2D eigenvalue weighted by Crippen LogP contribution is -2.77. The molecule has 0 bridgehead atoms. The third kappa shape index (κ3) is 7.47. The van der Waals surface area contributed by atoms with Gasteiger partial charge < -0.3 is 76.7 Å². The number of aromatic nitrogens is 4. The second-order valence-electron chi connectivity index (χ2n) is 29.1. The highest BCUT2D eigenvalue weighted by Gasteiger charge is 2.80. The normalized spacial score (nSPS) is 49.2. The van der Waals surface area contributed by atoms with Gasteiger partial charge in [-0.25, -0.2) is 9.97 Å². The number of aromatic amines is 2. The second kappa shape index (κ2) is 19.6. The number of amides is 1. The maximum Gasteiger partial charge on any atom is 0.310 e. The summed E-state index contributed by atoms with van der Waals surface area (Å²) >= 11 is 0. The van der Waals surface area contributed by atoms with Crippen molar-refractivity contribution in [3.8, 4) is 0 Å². The molecule has 2 saturated heterocycles. The van der Waals surface area contributed by atoms with E-state index in [0.717, 1.165) is 55.7 Å². The second-order valence-corrected chi connectivity index (χ2v) is 29.1. The van der Waals surface area contributed by atoms with E-state index in [1.54, 1.807) is 18.9 Å². The van der Waals surface area contributed by atoms with E-state index in [-0.39, 0.29) is 73.6 Å². The highest BCUT2D eigenvalue weighted by molar-refractivity contribution is 5.87. The summed E-state index contributed by atoms with van der Waals surface area (Å²) in [5.74, 6) is -2.87. The lowest BCUT2D eigenvalue weighted by atomic mass is 9.27. The number of imidazole rings is 2. The number of carbonyl (C=O) groups is 2. The zero-order chi connectivity index (χ0) is 57.0. The smallest absolute Gasteiger partial charge is 0.310 e. The average molecular weight is 1130 g/mol. The molecule has 2 aromatic heterocycles. The van der Waals surface area contributed by atoms with E-state index in [0.29, 0.717) is 70.8 Å². The molecule has 6 saturated carbocycles. The van der Waals surface area contributed by atoms with Crippen LogP contribution >= 0.6 is 0 Å². The molecule has 1 spiro atoms. The highest BCUT2D eigenvalue weighted by Crippen LogP contribution is 2.82. The average Bonchev–Trinajstić information content (AvgIpc) is 4.16. The molecule has 2 aromatic rings. The minimum atomic E-state index is -1.67. The van der Waals surface area contributed by atoms with Gasteiger partial charge in [-0.3, -0.25) is 9.59 Å². The van der Waals surface area contributed by atoms with E-state index < -0.39 is 110 Å². The van der Waals surface area contributed by atoms with Crippen molar-refractivity contribution in [2.75, 3.05) is 31.7 Å². The molecular weight excluding hydrogens is 1030 g/mol. The molecule has 23 atom stereocenters. The quantitative estimate of drug-likeness (QED) is 0.0841. The number of H-pyrrole nitrogens is 2. The number of rotatable bonds is 11. The van der Waals surface area contributed by atoms with Gasteiger partial charge in [0, 0.05) is 48.3 Å². The zero-order valence-corrected chi connectivity index (χ0v) is 47.8. The number of hydrogen-bond acceptors (Lipinski definition) is 15. The Morgan fingerprint density at radius 2 is 1.67 bits per heavy atom. The van der Waals surface area contributed by atoms with Crippen molar-refractivity contribution in [3.63, 3.8) is 0 Å². The predicted octanol–water partition coefficient (Wildman–Crippen LogP) is 4.43. The molecule has 1 amide bonds. The minimum absolute atomic E-state index is 0.0131. The number of nitrogens with zero attached hydrogens (tertiary/aromatic N) is 2. The van der Waals surface area contributed by atoms with Gasteiger partial charge in [-0.2, -0.15) is 0 Å². The number of allylic oxidation sites excluding steroid dienone is 3. The molecule has 8 fully saturated rings. The van der Waals surface area contributed by atoms with Crippen molar-refractivity contribution >= 4 is 17.7 Å². The van der Waals surface area contributed by atoms with Gasteiger partial charge in [0.2, 0.25) is 5.91 Å². The number of hydrogen-bond donors (Lipinski definition) is 13. The number of fused-ring (bicyclic) bond motifs is 13. The first-order chi connectivity index (χ1) is 38.7. The summed E-state index contributed by atoms with van der Waals surface area (Å²) in [4.78, 5) is 46.3. The number of nitrogens with two attached hydrogens (primary N) is 1. The van der Waals surface area contributed by atoms with E-state index in [2.05, 4.69) is 64.6 Å². The maximum absolute atomic E-state index is 15.5. The van der Waals surface area contributed by atoms with Crippen LogP contribution in [0.4, 0.5) is 5.82 Å². The molecule has 446 valence electrons. The minimum Gasteiger partial charge on any atom is -0.481 e. The van der Waals surface area contributed by atoms with Crippen molar-refractivity contribution < 1.29 is 59.9 Å². The van der Waals surface area contributed by atoms with Gasteiger partial charge in [-0.15, -0.1) is 0 Å². The molecule has 3 aliphatic heterocycles. The lowest BCUT2D eigenvalue weighted by Gasteiger charge is -2.77. The summed E-state index contributed by atoms with van der Waals surface area (Å²) in [5.41, 5.74) is 2.65. The SMILES string of the molecule is C[C@]1(CO)CC[C@@]2(C(=O)O)[C@@H](C1)C1=CC[C@@H]3[C@@]4(C5CCCC5)[C@@H]([C@@H]5C=C[C@](CC[C@@H](N)O)(c6cnc[nH]6)[C@H]6NC(=O)C7(CCCC7)[C@@H]56)[C@@H](O)[C@@H](O[C@@H]5OC[C@@H](O)[C@H](O)[C@H]5O)[C@@](C)(CO)[C@H]4CC[C@@]3(C)[C@]1(C)[C@H]1Cc3[nH]cnc3NC[C@@H]12. The molecule has 19 heteroatoms. The lowest BCUT2D eigenvalue weighted by molar-refractivity contribution is -0.354. The Kier molecular flexibility index (Phi) is 13.7. The van der Waals surface area contributed by atoms with Crippen LogP contribution in [-0.4, -0.2) is 148 Å². The van der Waals surface area contributed by atoms with Crippen molar-refractivity contribution in [2.45, 2.75) is 191 Å². The fourth-order valence-electron chi connectivity index (χ4n) is 22.6. The number of carbonyl (C=O) groups excluding carboxylic acids is 1. The molecule has 19 nitrogen and oxygen atoms in total. The molecular formula is C62H91N7O12. The van der Waals surface area contributed by atoms with Gasteiger partial charge in [-0.1, -0.05) is 77.2 Å². The molecule has 81 heavy (non-hydrogen) atoms.